The van der Waals surface area contributed by atoms with Crippen LogP contribution in [0, 0.1) is 5.92 Å². The van der Waals surface area contributed by atoms with E-state index >= 15 is 0 Å². The van der Waals surface area contributed by atoms with Gasteiger partial charge in [0.15, 0.2) is 0 Å². The highest BCUT2D eigenvalue weighted by Gasteiger charge is 2.40. The molecule has 1 fully saturated rings. The molecule has 0 bridgehead atoms. The Morgan fingerprint density at radius 3 is 2.18 bits per heavy atom. The zero-order valence-corrected chi connectivity index (χ0v) is 6.83. The first kappa shape index (κ1) is 8.04. The van der Waals surface area contributed by atoms with Gasteiger partial charge in [-0.25, -0.2) is 9.59 Å². The normalized spacial score (nSPS) is 24.7. The van der Waals surface area contributed by atoms with E-state index in [1.807, 2.05) is 13.8 Å². The van der Waals surface area contributed by atoms with Crippen molar-refractivity contribution in [1.82, 2.24) is 4.90 Å². The number of likely N-dealkylation sites (N-methyl/N-ethyl adjacent to an activating group) is 1. The Hall–Kier alpha value is -1.06. The minimum absolute atomic E-state index is 0.110. The first-order chi connectivity index (χ1) is 5.04. The van der Waals surface area contributed by atoms with Gasteiger partial charge < -0.3 is 4.74 Å². The Morgan fingerprint density at radius 1 is 1.45 bits per heavy atom. The van der Waals surface area contributed by atoms with Crippen LogP contribution in [0.25, 0.3) is 0 Å². The molecule has 4 nitrogen and oxygen atoms in total. The number of hydrogen-bond acceptors (Lipinski definition) is 3. The summed E-state index contributed by atoms with van der Waals surface area (Å²) in [6, 6.07) is -0.400. The van der Waals surface area contributed by atoms with E-state index in [0.29, 0.717) is 0 Å². The van der Waals surface area contributed by atoms with Gasteiger partial charge in [0, 0.05) is 7.05 Å². The third kappa shape index (κ3) is 1.20. The fraction of sp³-hybridized carbons (Fsp3) is 0.714. The van der Waals surface area contributed by atoms with Crippen molar-refractivity contribution >= 4 is 12.1 Å². The average Bonchev–Trinajstić information content (AvgIpc) is 2.07. The smallest absolute Gasteiger partial charge is 0.375 e. The lowest BCUT2D eigenvalue weighted by atomic mass is 10.1. The molecule has 0 saturated carbocycles. The summed E-state index contributed by atoms with van der Waals surface area (Å²) in [6.45, 7) is 3.75. The molecular weight excluding hydrogens is 146 g/mol. The predicted molar refractivity (Wildman–Crippen MR) is 37.9 cm³/mol. The summed E-state index contributed by atoms with van der Waals surface area (Å²) in [5, 5.41) is 0. The molecule has 1 aliphatic heterocycles. The Morgan fingerprint density at radius 2 is 2.00 bits per heavy atom. The van der Waals surface area contributed by atoms with Gasteiger partial charge in [-0.05, 0) is 5.92 Å². The van der Waals surface area contributed by atoms with Crippen molar-refractivity contribution in [3.05, 3.63) is 0 Å². The number of ether oxygens (including phenoxy) is 1. The summed E-state index contributed by atoms with van der Waals surface area (Å²) < 4.78 is 4.40. The number of cyclic esters (lactones) is 2. The van der Waals surface area contributed by atoms with Crippen molar-refractivity contribution in [2.24, 2.45) is 5.92 Å². The number of carbonyl (C=O) groups excluding carboxylic acids is 2. The molecule has 4 heteroatoms. The summed E-state index contributed by atoms with van der Waals surface area (Å²) in [6.07, 6.45) is -0.548. The van der Waals surface area contributed by atoms with Gasteiger partial charge in [-0.3, -0.25) is 4.90 Å². The third-order valence-corrected chi connectivity index (χ3v) is 1.77. The minimum Gasteiger partial charge on any atom is -0.375 e. The summed E-state index contributed by atoms with van der Waals surface area (Å²) in [5.74, 6) is -0.327. The minimum atomic E-state index is -0.548. The van der Waals surface area contributed by atoms with Crippen LogP contribution in [-0.2, 0) is 9.53 Å². The zero-order chi connectivity index (χ0) is 8.59. The quantitative estimate of drug-likeness (QED) is 0.414. The molecule has 0 N–H and O–H groups in total. The molecule has 0 aromatic heterocycles. The summed E-state index contributed by atoms with van der Waals surface area (Å²) in [7, 11) is 1.57. The monoisotopic (exact) mass is 157 g/mol. The van der Waals surface area contributed by atoms with Gasteiger partial charge >= 0.3 is 12.1 Å². The van der Waals surface area contributed by atoms with Crippen molar-refractivity contribution in [2.75, 3.05) is 7.05 Å². The van der Waals surface area contributed by atoms with E-state index < -0.39 is 18.1 Å². The molecule has 1 atom stereocenters. The maximum absolute atomic E-state index is 11.0. The van der Waals surface area contributed by atoms with E-state index in [2.05, 4.69) is 4.74 Å². The van der Waals surface area contributed by atoms with Gasteiger partial charge in [0.1, 0.15) is 6.04 Å². The topological polar surface area (TPSA) is 46.6 Å². The van der Waals surface area contributed by atoms with Crippen LogP contribution < -0.4 is 0 Å². The maximum atomic E-state index is 11.0. The molecule has 0 aromatic rings. The second-order valence-electron chi connectivity index (χ2n) is 2.99. The van der Waals surface area contributed by atoms with Crippen LogP contribution in [0.5, 0.6) is 0 Å². The number of carbonyl (C=O) groups is 2. The van der Waals surface area contributed by atoms with Crippen LogP contribution in [0.15, 0.2) is 0 Å². The third-order valence-electron chi connectivity index (χ3n) is 1.77. The van der Waals surface area contributed by atoms with Gasteiger partial charge in [-0.15, -0.1) is 0 Å². The van der Waals surface area contributed by atoms with Crippen molar-refractivity contribution in [2.45, 2.75) is 19.9 Å². The van der Waals surface area contributed by atoms with E-state index in [1.54, 1.807) is 7.05 Å². The van der Waals surface area contributed by atoms with Gasteiger partial charge in [-0.1, -0.05) is 13.8 Å². The van der Waals surface area contributed by atoms with Crippen molar-refractivity contribution in [3.8, 4) is 0 Å². The molecule has 1 rings (SSSR count). The van der Waals surface area contributed by atoms with Gasteiger partial charge in [0.05, 0.1) is 0 Å². The second kappa shape index (κ2) is 2.53. The Kier molecular flexibility index (Phi) is 1.85. The highest BCUT2D eigenvalue weighted by atomic mass is 16.6. The number of amides is 1. The van der Waals surface area contributed by atoms with Gasteiger partial charge in [0.2, 0.25) is 0 Å². The molecule has 0 aromatic carbocycles. The Bertz CT molecular complexity index is 200. The molecule has 62 valence electrons. The number of hydrogen-bond donors (Lipinski definition) is 0. The Labute approximate surface area is 65.1 Å². The lowest BCUT2D eigenvalue weighted by molar-refractivity contribution is -0.136. The van der Waals surface area contributed by atoms with Crippen molar-refractivity contribution < 1.29 is 14.3 Å². The van der Waals surface area contributed by atoms with E-state index in [9.17, 15) is 9.59 Å². The number of nitrogens with zero attached hydrogens (tertiary/aromatic N) is 1. The highest BCUT2D eigenvalue weighted by molar-refractivity contribution is 5.95. The van der Waals surface area contributed by atoms with Gasteiger partial charge in [0.25, 0.3) is 0 Å². The first-order valence-corrected chi connectivity index (χ1v) is 3.52. The van der Waals surface area contributed by atoms with Crippen molar-refractivity contribution in [1.29, 1.82) is 0 Å². The maximum Gasteiger partial charge on any atom is 0.418 e. The summed E-state index contributed by atoms with van der Waals surface area (Å²) >= 11 is 0. The van der Waals surface area contributed by atoms with Gasteiger partial charge in [-0.2, -0.15) is 0 Å². The lowest BCUT2D eigenvalue weighted by Gasteiger charge is -2.16. The first-order valence-electron chi connectivity index (χ1n) is 3.52. The second-order valence-corrected chi connectivity index (χ2v) is 2.99. The van der Waals surface area contributed by atoms with Crippen LogP contribution in [0.1, 0.15) is 13.8 Å². The Balaban J connectivity index is 2.79. The highest BCUT2D eigenvalue weighted by Crippen LogP contribution is 2.18. The van der Waals surface area contributed by atoms with E-state index in [-0.39, 0.29) is 5.92 Å². The number of rotatable bonds is 1. The summed E-state index contributed by atoms with van der Waals surface area (Å²) in [5.41, 5.74) is 0. The van der Waals surface area contributed by atoms with Crippen LogP contribution >= 0.6 is 0 Å². The standard InChI is InChI=1S/C7H11NO3/c1-4(2)5-6(9)11-7(10)8(5)3/h4-5H,1-3H3. The largest absolute Gasteiger partial charge is 0.418 e. The predicted octanol–water partition coefficient (Wildman–Crippen LogP) is 0.620. The fourth-order valence-corrected chi connectivity index (χ4v) is 1.21. The molecule has 0 spiro atoms. The number of esters is 1. The fourth-order valence-electron chi connectivity index (χ4n) is 1.21. The molecule has 1 unspecified atom stereocenters. The molecule has 1 saturated heterocycles. The summed E-state index contributed by atoms with van der Waals surface area (Å²) in [4.78, 5) is 23.1. The zero-order valence-electron chi connectivity index (χ0n) is 6.83. The van der Waals surface area contributed by atoms with Crippen LogP contribution in [0.4, 0.5) is 4.79 Å². The van der Waals surface area contributed by atoms with E-state index in [1.165, 1.54) is 4.90 Å². The lowest BCUT2D eigenvalue weighted by Crippen LogP contribution is -2.35. The van der Waals surface area contributed by atoms with Crippen LogP contribution in [0.2, 0.25) is 0 Å². The molecular formula is C7H11NO3. The SMILES string of the molecule is CC(C)C1C(=O)OC(=O)N1C. The molecule has 11 heavy (non-hydrogen) atoms. The van der Waals surface area contributed by atoms with Crippen LogP contribution in [-0.4, -0.2) is 30.1 Å². The van der Waals surface area contributed by atoms with E-state index in [0.717, 1.165) is 0 Å². The molecule has 0 aliphatic carbocycles. The average molecular weight is 157 g/mol. The molecule has 1 heterocycles. The van der Waals surface area contributed by atoms with E-state index in [4.69, 9.17) is 0 Å². The molecule has 1 aliphatic rings. The molecule has 0 radical (unpaired) electrons. The van der Waals surface area contributed by atoms with Crippen LogP contribution in [0.3, 0.4) is 0 Å². The molecule has 1 amide bonds. The van der Waals surface area contributed by atoms with Crippen molar-refractivity contribution in [3.63, 3.8) is 0 Å².